The summed E-state index contributed by atoms with van der Waals surface area (Å²) >= 11 is 0. The predicted octanol–water partition coefficient (Wildman–Crippen LogP) is 2.60. The van der Waals surface area contributed by atoms with E-state index in [2.05, 4.69) is 10.1 Å². The maximum atomic E-state index is 12.6. The molecule has 0 aliphatic rings. The minimum absolute atomic E-state index is 0.120. The number of aromatic nitrogens is 3. The fourth-order valence-electron chi connectivity index (χ4n) is 2.47. The normalized spacial score (nSPS) is 11.0. The first-order valence-corrected chi connectivity index (χ1v) is 7.25. The molecule has 4 aromatic rings. The van der Waals surface area contributed by atoms with Crippen LogP contribution in [0.1, 0.15) is 5.69 Å². The van der Waals surface area contributed by atoms with Crippen molar-refractivity contribution >= 4 is 16.6 Å². The van der Waals surface area contributed by atoms with Crippen LogP contribution in [-0.4, -0.2) is 19.6 Å². The summed E-state index contributed by atoms with van der Waals surface area (Å²) in [4.78, 5) is 27.1. The van der Waals surface area contributed by atoms with Gasteiger partial charge in [0, 0.05) is 18.2 Å². The van der Waals surface area contributed by atoms with Gasteiger partial charge in [-0.05, 0) is 18.2 Å². The van der Waals surface area contributed by atoms with E-state index in [1.165, 1.54) is 35.4 Å². The fourth-order valence-corrected chi connectivity index (χ4v) is 2.47. The zero-order valence-corrected chi connectivity index (χ0v) is 12.7. The van der Waals surface area contributed by atoms with Crippen molar-refractivity contribution in [3.05, 3.63) is 75.2 Å². The van der Waals surface area contributed by atoms with Crippen molar-refractivity contribution in [3.63, 3.8) is 0 Å². The molecule has 9 nitrogen and oxygen atoms in total. The lowest BCUT2D eigenvalue weighted by Gasteiger charge is -2.04. The molecule has 0 radical (unpaired) electrons. The van der Waals surface area contributed by atoms with E-state index in [1.807, 2.05) is 0 Å². The number of hydrogen-bond donors (Lipinski definition) is 0. The van der Waals surface area contributed by atoms with Gasteiger partial charge in [-0.15, -0.1) is 0 Å². The van der Waals surface area contributed by atoms with E-state index >= 15 is 0 Å². The van der Waals surface area contributed by atoms with Gasteiger partial charge in [0.1, 0.15) is 5.69 Å². The van der Waals surface area contributed by atoms with Crippen molar-refractivity contribution in [2.45, 2.75) is 6.54 Å². The summed E-state index contributed by atoms with van der Waals surface area (Å²) in [7, 11) is 0. The monoisotopic (exact) mass is 338 g/mol. The number of benzene rings is 1. The summed E-state index contributed by atoms with van der Waals surface area (Å²) in [5.74, 6) is 0.968. The lowest BCUT2D eigenvalue weighted by Crippen LogP contribution is -2.21. The highest BCUT2D eigenvalue weighted by atomic mass is 16.6. The average molecular weight is 338 g/mol. The van der Waals surface area contributed by atoms with Crippen molar-refractivity contribution in [1.29, 1.82) is 0 Å². The number of rotatable bonds is 4. The molecule has 0 N–H and O–H groups in total. The van der Waals surface area contributed by atoms with Crippen LogP contribution in [0, 0.1) is 10.1 Å². The summed E-state index contributed by atoms with van der Waals surface area (Å²) in [5.41, 5.74) is 0.338. The van der Waals surface area contributed by atoms with E-state index in [4.69, 9.17) is 8.94 Å². The molecule has 0 unspecified atom stereocenters. The van der Waals surface area contributed by atoms with Gasteiger partial charge in [-0.1, -0.05) is 5.16 Å². The van der Waals surface area contributed by atoms with E-state index in [-0.39, 0.29) is 17.6 Å². The number of nitro groups is 1. The Morgan fingerprint density at radius 3 is 2.84 bits per heavy atom. The highest BCUT2D eigenvalue weighted by Crippen LogP contribution is 2.21. The molecular formula is C16H10N4O5. The van der Waals surface area contributed by atoms with Crippen LogP contribution >= 0.6 is 0 Å². The van der Waals surface area contributed by atoms with Crippen molar-refractivity contribution in [2.24, 2.45) is 0 Å². The van der Waals surface area contributed by atoms with Gasteiger partial charge in [0.25, 0.3) is 11.2 Å². The maximum Gasteiger partial charge on any atom is 0.270 e. The van der Waals surface area contributed by atoms with E-state index in [1.54, 1.807) is 18.2 Å². The molecule has 0 atom stereocenters. The van der Waals surface area contributed by atoms with Crippen LogP contribution in [0.2, 0.25) is 0 Å². The molecule has 0 spiro atoms. The third kappa shape index (κ3) is 2.67. The van der Waals surface area contributed by atoms with Crippen LogP contribution in [0.25, 0.3) is 22.4 Å². The highest BCUT2D eigenvalue weighted by Gasteiger charge is 2.13. The molecule has 3 heterocycles. The molecule has 25 heavy (non-hydrogen) atoms. The zero-order chi connectivity index (χ0) is 17.4. The lowest BCUT2D eigenvalue weighted by molar-refractivity contribution is -0.384. The van der Waals surface area contributed by atoms with Crippen LogP contribution in [-0.2, 0) is 6.54 Å². The molecule has 0 aliphatic heterocycles. The van der Waals surface area contributed by atoms with Gasteiger partial charge in [0.05, 0.1) is 35.0 Å². The smallest absolute Gasteiger partial charge is 0.270 e. The van der Waals surface area contributed by atoms with Gasteiger partial charge in [-0.25, -0.2) is 4.98 Å². The second kappa shape index (κ2) is 5.71. The molecule has 0 fully saturated rings. The maximum absolute atomic E-state index is 12.6. The predicted molar refractivity (Wildman–Crippen MR) is 86.0 cm³/mol. The molecule has 0 bridgehead atoms. The number of hydrogen-bond acceptors (Lipinski definition) is 7. The second-order valence-corrected chi connectivity index (χ2v) is 5.30. The summed E-state index contributed by atoms with van der Waals surface area (Å²) < 4.78 is 11.7. The molecule has 0 saturated carbocycles. The summed E-state index contributed by atoms with van der Waals surface area (Å²) in [6.45, 7) is 0.120. The Balaban J connectivity index is 1.71. The van der Waals surface area contributed by atoms with Crippen LogP contribution in [0.15, 0.2) is 62.7 Å². The molecule has 124 valence electrons. The minimum atomic E-state index is -0.552. The summed E-state index contributed by atoms with van der Waals surface area (Å²) in [6.07, 6.45) is 2.89. The topological polar surface area (TPSA) is 117 Å². The van der Waals surface area contributed by atoms with Crippen LogP contribution in [0.5, 0.6) is 0 Å². The van der Waals surface area contributed by atoms with Gasteiger partial charge in [-0.2, -0.15) is 0 Å². The van der Waals surface area contributed by atoms with Gasteiger partial charge in [0.15, 0.2) is 5.76 Å². The van der Waals surface area contributed by atoms with Crippen molar-refractivity contribution < 1.29 is 13.9 Å². The van der Waals surface area contributed by atoms with E-state index in [0.717, 1.165) is 0 Å². The summed E-state index contributed by atoms with van der Waals surface area (Å²) in [5, 5.41) is 15.0. The first-order chi connectivity index (χ1) is 12.1. The third-order valence-electron chi connectivity index (χ3n) is 3.67. The molecule has 4 rings (SSSR count). The largest absolute Gasteiger partial charge is 0.461 e. The van der Waals surface area contributed by atoms with Gasteiger partial charge in [0.2, 0.25) is 5.76 Å². The number of nitrogens with zero attached hydrogens (tertiary/aromatic N) is 4. The lowest BCUT2D eigenvalue weighted by atomic mass is 10.2. The molecule has 3 aromatic heterocycles. The third-order valence-corrected chi connectivity index (χ3v) is 3.67. The van der Waals surface area contributed by atoms with Crippen LogP contribution < -0.4 is 5.56 Å². The number of furan rings is 1. The van der Waals surface area contributed by atoms with Crippen molar-refractivity contribution in [3.8, 4) is 11.5 Å². The Morgan fingerprint density at radius 2 is 2.08 bits per heavy atom. The Morgan fingerprint density at radius 1 is 1.20 bits per heavy atom. The first-order valence-electron chi connectivity index (χ1n) is 7.25. The number of fused-ring (bicyclic) bond motifs is 1. The molecule has 0 amide bonds. The zero-order valence-electron chi connectivity index (χ0n) is 12.7. The molecule has 0 saturated heterocycles. The van der Waals surface area contributed by atoms with Gasteiger partial charge < -0.3 is 8.94 Å². The van der Waals surface area contributed by atoms with Crippen LogP contribution in [0.4, 0.5) is 5.69 Å². The minimum Gasteiger partial charge on any atom is -0.461 e. The van der Waals surface area contributed by atoms with Gasteiger partial charge in [-0.3, -0.25) is 19.5 Å². The highest BCUT2D eigenvalue weighted by molar-refractivity contribution is 5.79. The SMILES string of the molecule is O=c1c2cc([N+](=O)[O-])ccc2ncn1Cc1cc(-c2ccco2)on1. The molecule has 0 aliphatic carbocycles. The first kappa shape index (κ1) is 14.8. The molecule has 9 heteroatoms. The Hall–Kier alpha value is -3.75. The number of nitro benzene ring substituents is 1. The Bertz CT molecular complexity index is 1130. The van der Waals surface area contributed by atoms with E-state index in [9.17, 15) is 14.9 Å². The Labute approximate surface area is 139 Å². The van der Waals surface area contributed by atoms with Crippen molar-refractivity contribution in [1.82, 2.24) is 14.7 Å². The summed E-state index contributed by atoms with van der Waals surface area (Å²) in [6, 6.07) is 9.09. The molecule has 1 aromatic carbocycles. The second-order valence-electron chi connectivity index (χ2n) is 5.30. The van der Waals surface area contributed by atoms with E-state index < -0.39 is 10.5 Å². The standard InChI is InChI=1S/C16H10N4O5/c21-16-12-7-11(20(22)23)3-4-13(12)17-9-19(16)8-10-6-15(25-18-10)14-2-1-5-24-14/h1-7,9H,8H2. The van der Waals surface area contributed by atoms with Gasteiger partial charge >= 0.3 is 0 Å². The molecular weight excluding hydrogens is 328 g/mol. The Kier molecular flexibility index (Phi) is 3.38. The quantitative estimate of drug-likeness (QED) is 0.414. The fraction of sp³-hybridized carbons (Fsp3) is 0.0625. The average Bonchev–Trinajstić information content (AvgIpc) is 3.28. The van der Waals surface area contributed by atoms with E-state index in [0.29, 0.717) is 22.7 Å². The van der Waals surface area contributed by atoms with Crippen LogP contribution in [0.3, 0.4) is 0 Å². The van der Waals surface area contributed by atoms with Crippen molar-refractivity contribution in [2.75, 3.05) is 0 Å². The number of non-ortho nitro benzene ring substituents is 1.